The molecule has 3 aromatic rings. The van der Waals surface area contributed by atoms with E-state index in [-0.39, 0.29) is 23.4 Å². The highest BCUT2D eigenvalue weighted by Crippen LogP contribution is 2.25. The minimum atomic E-state index is -3.68. The van der Waals surface area contributed by atoms with E-state index in [0.717, 1.165) is 12.1 Å². The lowest BCUT2D eigenvalue weighted by Crippen LogP contribution is -2.55. The van der Waals surface area contributed by atoms with Gasteiger partial charge in [-0.1, -0.05) is 49.4 Å². The van der Waals surface area contributed by atoms with E-state index >= 15 is 0 Å². The molecule has 0 aliphatic carbocycles. The summed E-state index contributed by atoms with van der Waals surface area (Å²) in [7, 11) is -3.68. The Hall–Kier alpha value is -3.04. The number of carbonyl (C=O) groups is 1. The Morgan fingerprint density at radius 1 is 1.06 bits per heavy atom. The van der Waals surface area contributed by atoms with E-state index in [0.29, 0.717) is 30.3 Å². The standard InChI is InChI=1S/C24H29N5O3S/c1-18(2)15-28-17-23(25-26-28)20-9-11-22(12-10-20)33(31,32)29-14-13-27(16-19(29)3)24(30)21-7-5-4-6-8-21/h4-12,17-19H,13-16H2,1-3H3. The van der Waals surface area contributed by atoms with Crippen molar-refractivity contribution in [2.24, 2.45) is 5.92 Å². The van der Waals surface area contributed by atoms with Crippen LogP contribution in [-0.4, -0.2) is 64.2 Å². The Labute approximate surface area is 194 Å². The van der Waals surface area contributed by atoms with Gasteiger partial charge >= 0.3 is 0 Å². The number of aromatic nitrogens is 3. The predicted molar refractivity (Wildman–Crippen MR) is 126 cm³/mol. The highest BCUT2D eigenvalue weighted by atomic mass is 32.2. The molecule has 1 aliphatic heterocycles. The van der Waals surface area contributed by atoms with Crippen LogP contribution in [0.1, 0.15) is 31.1 Å². The molecule has 1 aliphatic rings. The Morgan fingerprint density at radius 3 is 2.39 bits per heavy atom. The molecule has 9 heteroatoms. The summed E-state index contributed by atoms with van der Waals surface area (Å²) >= 11 is 0. The average molecular weight is 468 g/mol. The van der Waals surface area contributed by atoms with Crippen LogP contribution in [0.3, 0.4) is 0 Å². The van der Waals surface area contributed by atoms with Crippen molar-refractivity contribution in [3.05, 3.63) is 66.4 Å². The van der Waals surface area contributed by atoms with Crippen LogP contribution >= 0.6 is 0 Å². The molecule has 0 N–H and O–H groups in total. The largest absolute Gasteiger partial charge is 0.336 e. The average Bonchev–Trinajstić information content (AvgIpc) is 3.26. The zero-order chi connectivity index (χ0) is 23.6. The minimum Gasteiger partial charge on any atom is -0.336 e. The molecule has 0 radical (unpaired) electrons. The number of piperazine rings is 1. The van der Waals surface area contributed by atoms with Crippen molar-refractivity contribution in [3.63, 3.8) is 0 Å². The van der Waals surface area contributed by atoms with Crippen molar-refractivity contribution in [2.45, 2.75) is 38.3 Å². The third-order valence-electron chi connectivity index (χ3n) is 5.72. The van der Waals surface area contributed by atoms with E-state index in [4.69, 9.17) is 0 Å². The van der Waals surface area contributed by atoms with Gasteiger partial charge in [0.15, 0.2) is 0 Å². The molecule has 1 atom stereocenters. The second-order valence-electron chi connectivity index (χ2n) is 8.83. The van der Waals surface area contributed by atoms with E-state index < -0.39 is 10.0 Å². The molecule has 2 aromatic carbocycles. The molecular formula is C24H29N5O3S. The molecule has 174 valence electrons. The summed E-state index contributed by atoms with van der Waals surface area (Å²) in [6.07, 6.45) is 1.87. The summed E-state index contributed by atoms with van der Waals surface area (Å²) in [6.45, 7) is 7.80. The van der Waals surface area contributed by atoms with Gasteiger partial charge in [0.2, 0.25) is 10.0 Å². The first-order chi connectivity index (χ1) is 15.8. The number of benzene rings is 2. The molecule has 0 saturated carbocycles. The molecular weight excluding hydrogens is 438 g/mol. The topological polar surface area (TPSA) is 88.4 Å². The van der Waals surface area contributed by atoms with E-state index in [1.54, 1.807) is 46.0 Å². The van der Waals surface area contributed by atoms with Crippen LogP contribution < -0.4 is 0 Å². The first-order valence-electron chi connectivity index (χ1n) is 11.1. The molecule has 33 heavy (non-hydrogen) atoms. The van der Waals surface area contributed by atoms with E-state index in [1.807, 2.05) is 31.3 Å². The lowest BCUT2D eigenvalue weighted by atomic mass is 10.1. The van der Waals surface area contributed by atoms with Gasteiger partial charge < -0.3 is 4.90 Å². The summed E-state index contributed by atoms with van der Waals surface area (Å²) in [6, 6.07) is 15.5. The van der Waals surface area contributed by atoms with Crippen LogP contribution in [0.4, 0.5) is 0 Å². The van der Waals surface area contributed by atoms with Crippen LogP contribution in [0.25, 0.3) is 11.3 Å². The maximum absolute atomic E-state index is 13.3. The van der Waals surface area contributed by atoms with E-state index in [1.165, 1.54) is 4.31 Å². The van der Waals surface area contributed by atoms with Gasteiger partial charge in [-0.15, -0.1) is 5.10 Å². The minimum absolute atomic E-state index is 0.0747. The van der Waals surface area contributed by atoms with Crippen molar-refractivity contribution < 1.29 is 13.2 Å². The number of sulfonamides is 1. The third-order valence-corrected chi connectivity index (χ3v) is 7.75. The summed E-state index contributed by atoms with van der Waals surface area (Å²) in [4.78, 5) is 14.7. The van der Waals surface area contributed by atoms with Gasteiger partial charge in [0, 0.05) is 43.3 Å². The Balaban J connectivity index is 1.46. The lowest BCUT2D eigenvalue weighted by molar-refractivity contribution is 0.0642. The van der Waals surface area contributed by atoms with Gasteiger partial charge in [0.1, 0.15) is 5.69 Å². The van der Waals surface area contributed by atoms with Crippen LogP contribution in [0.2, 0.25) is 0 Å². The molecule has 4 rings (SSSR count). The van der Waals surface area contributed by atoms with E-state index in [9.17, 15) is 13.2 Å². The molecule has 0 bridgehead atoms. The number of hydrogen-bond donors (Lipinski definition) is 0. The van der Waals surface area contributed by atoms with Crippen molar-refractivity contribution in [3.8, 4) is 11.3 Å². The Bertz CT molecular complexity index is 1210. The van der Waals surface area contributed by atoms with E-state index in [2.05, 4.69) is 24.2 Å². The second kappa shape index (κ2) is 9.44. The van der Waals surface area contributed by atoms with Gasteiger partial charge in [0.05, 0.1) is 11.1 Å². The van der Waals surface area contributed by atoms with Gasteiger partial charge in [-0.05, 0) is 37.1 Å². The summed E-state index contributed by atoms with van der Waals surface area (Å²) in [5.41, 5.74) is 2.14. The zero-order valence-corrected chi connectivity index (χ0v) is 19.9. The summed E-state index contributed by atoms with van der Waals surface area (Å²) < 4.78 is 29.9. The normalized spacial score (nSPS) is 17.5. The summed E-state index contributed by atoms with van der Waals surface area (Å²) in [5, 5.41) is 8.34. The fourth-order valence-electron chi connectivity index (χ4n) is 4.07. The lowest BCUT2D eigenvalue weighted by Gasteiger charge is -2.39. The molecule has 1 unspecified atom stereocenters. The molecule has 1 amide bonds. The van der Waals surface area contributed by atoms with Crippen LogP contribution in [0.5, 0.6) is 0 Å². The van der Waals surface area contributed by atoms with Crippen LogP contribution in [0.15, 0.2) is 65.7 Å². The predicted octanol–water partition coefficient (Wildman–Crippen LogP) is 3.14. The molecule has 2 heterocycles. The smallest absolute Gasteiger partial charge is 0.253 e. The number of hydrogen-bond acceptors (Lipinski definition) is 5. The Kier molecular flexibility index (Phi) is 6.62. The van der Waals surface area contributed by atoms with Crippen LogP contribution in [0, 0.1) is 5.92 Å². The highest BCUT2D eigenvalue weighted by Gasteiger charge is 2.35. The first kappa shape index (κ1) is 23.1. The maximum Gasteiger partial charge on any atom is 0.253 e. The first-order valence-corrected chi connectivity index (χ1v) is 12.6. The quantitative estimate of drug-likeness (QED) is 0.556. The van der Waals surface area contributed by atoms with Crippen molar-refractivity contribution in [1.82, 2.24) is 24.2 Å². The van der Waals surface area contributed by atoms with Gasteiger partial charge in [0.25, 0.3) is 5.91 Å². The fourth-order valence-corrected chi connectivity index (χ4v) is 5.69. The van der Waals surface area contributed by atoms with Crippen LogP contribution in [-0.2, 0) is 16.6 Å². The fraction of sp³-hybridized carbons (Fsp3) is 0.375. The Morgan fingerprint density at radius 2 is 1.76 bits per heavy atom. The molecule has 0 spiro atoms. The highest BCUT2D eigenvalue weighted by molar-refractivity contribution is 7.89. The SMILES string of the molecule is CC(C)Cn1cc(-c2ccc(S(=O)(=O)N3CCN(C(=O)c4ccccc4)CC3C)cc2)nn1. The number of carbonyl (C=O) groups excluding carboxylic acids is 1. The summed E-state index contributed by atoms with van der Waals surface area (Å²) in [5.74, 6) is 0.381. The zero-order valence-electron chi connectivity index (χ0n) is 19.1. The van der Waals surface area contributed by atoms with Gasteiger partial charge in [-0.3, -0.25) is 9.48 Å². The number of nitrogens with zero attached hydrogens (tertiary/aromatic N) is 5. The number of rotatable bonds is 6. The second-order valence-corrected chi connectivity index (χ2v) is 10.7. The molecule has 1 fully saturated rings. The van der Waals surface area contributed by atoms with Crippen molar-refractivity contribution in [1.29, 1.82) is 0 Å². The molecule has 1 saturated heterocycles. The number of amides is 1. The monoisotopic (exact) mass is 467 g/mol. The maximum atomic E-state index is 13.3. The van der Waals surface area contributed by atoms with Gasteiger partial charge in [-0.25, -0.2) is 8.42 Å². The molecule has 1 aromatic heterocycles. The van der Waals surface area contributed by atoms with Gasteiger partial charge in [-0.2, -0.15) is 4.31 Å². The van der Waals surface area contributed by atoms with Crippen molar-refractivity contribution in [2.75, 3.05) is 19.6 Å². The molecule has 8 nitrogen and oxygen atoms in total. The van der Waals surface area contributed by atoms with Crippen molar-refractivity contribution >= 4 is 15.9 Å². The third kappa shape index (κ3) is 4.99.